The first kappa shape index (κ1) is 7.28. The number of nitrogens with zero attached hydrogens (tertiary/aromatic N) is 2. The molecular weight excluding hydrogens is 150 g/mol. The summed E-state index contributed by atoms with van der Waals surface area (Å²) in [5.74, 6) is 0.466. The Labute approximate surface area is 71.0 Å². The summed E-state index contributed by atoms with van der Waals surface area (Å²) in [6.45, 7) is 4.28. The zero-order chi connectivity index (χ0) is 8.55. The molecule has 0 fully saturated rings. The first-order valence-electron chi connectivity index (χ1n) is 4.13. The third-order valence-electron chi connectivity index (χ3n) is 1.95. The Morgan fingerprint density at radius 3 is 3.00 bits per heavy atom. The second kappa shape index (κ2) is 2.59. The largest absolute Gasteiger partial charge is 0.228 e. The van der Waals surface area contributed by atoms with Crippen LogP contribution < -0.4 is 4.52 Å². The molecule has 62 valence electrons. The van der Waals surface area contributed by atoms with Gasteiger partial charge in [0.15, 0.2) is 0 Å². The van der Waals surface area contributed by atoms with Crippen molar-refractivity contribution in [2.45, 2.75) is 19.8 Å². The zero-order valence-electron chi connectivity index (χ0n) is 7.28. The van der Waals surface area contributed by atoms with Crippen LogP contribution in [0.5, 0.6) is 0 Å². The highest BCUT2D eigenvalue weighted by Gasteiger charge is 2.16. The summed E-state index contributed by atoms with van der Waals surface area (Å²) in [6.07, 6.45) is 1.97. The fourth-order valence-corrected chi connectivity index (χ4v) is 1.33. The zero-order valence-corrected chi connectivity index (χ0v) is 7.28. The molecule has 0 spiro atoms. The van der Waals surface area contributed by atoms with Crippen LogP contribution in [0, 0.1) is 0 Å². The molecule has 2 rings (SSSR count). The number of nitrogens with one attached hydrogen (secondary N) is 1. The lowest BCUT2D eigenvalue weighted by Crippen LogP contribution is -2.21. The highest BCUT2D eigenvalue weighted by molar-refractivity contribution is 5.44. The SMILES string of the molecule is CC(C)c1n[nH][n+]2ccccc12. The van der Waals surface area contributed by atoms with Crippen LogP contribution in [-0.4, -0.2) is 10.3 Å². The van der Waals surface area contributed by atoms with Crippen LogP contribution >= 0.6 is 0 Å². The van der Waals surface area contributed by atoms with Gasteiger partial charge in [-0.2, -0.15) is 0 Å². The molecular formula is C9H12N3+. The number of rotatable bonds is 1. The Kier molecular flexibility index (Phi) is 1.57. The van der Waals surface area contributed by atoms with Crippen LogP contribution in [0.3, 0.4) is 0 Å². The second-order valence-electron chi connectivity index (χ2n) is 3.21. The average molecular weight is 162 g/mol. The van der Waals surface area contributed by atoms with Gasteiger partial charge >= 0.3 is 0 Å². The van der Waals surface area contributed by atoms with Crippen molar-refractivity contribution in [3.8, 4) is 0 Å². The number of H-pyrrole nitrogens is 1. The molecule has 0 saturated carbocycles. The molecule has 0 radical (unpaired) electrons. The fraction of sp³-hybridized carbons (Fsp3) is 0.333. The van der Waals surface area contributed by atoms with E-state index in [1.54, 1.807) is 0 Å². The van der Waals surface area contributed by atoms with E-state index in [0.717, 1.165) is 11.2 Å². The summed E-state index contributed by atoms with van der Waals surface area (Å²) in [5, 5.41) is 7.17. The molecule has 0 bridgehead atoms. The van der Waals surface area contributed by atoms with Gasteiger partial charge in [0.05, 0.1) is 0 Å². The van der Waals surface area contributed by atoms with Gasteiger partial charge in [-0.3, -0.25) is 0 Å². The lowest BCUT2D eigenvalue weighted by atomic mass is 10.1. The van der Waals surface area contributed by atoms with E-state index >= 15 is 0 Å². The average Bonchev–Trinajstić information content (AvgIpc) is 2.47. The van der Waals surface area contributed by atoms with E-state index in [-0.39, 0.29) is 0 Å². The first-order valence-corrected chi connectivity index (χ1v) is 4.13. The van der Waals surface area contributed by atoms with Crippen LogP contribution in [0.15, 0.2) is 24.4 Å². The lowest BCUT2D eigenvalue weighted by Gasteiger charge is -1.91. The molecule has 0 atom stereocenters. The molecule has 3 heteroatoms. The van der Waals surface area contributed by atoms with Gasteiger partial charge in [0.1, 0.15) is 6.20 Å². The van der Waals surface area contributed by atoms with Gasteiger partial charge in [0, 0.05) is 11.0 Å². The summed E-state index contributed by atoms with van der Waals surface area (Å²) in [4.78, 5) is 0. The summed E-state index contributed by atoms with van der Waals surface area (Å²) in [7, 11) is 0. The Balaban J connectivity index is 2.70. The summed E-state index contributed by atoms with van der Waals surface area (Å²) >= 11 is 0. The molecule has 2 aromatic rings. The molecule has 1 N–H and O–H groups in total. The van der Waals surface area contributed by atoms with Gasteiger partial charge in [0.25, 0.3) is 0 Å². The number of pyridine rings is 1. The molecule has 0 aromatic carbocycles. The van der Waals surface area contributed by atoms with Crippen molar-refractivity contribution in [1.29, 1.82) is 0 Å². The predicted molar refractivity (Wildman–Crippen MR) is 45.8 cm³/mol. The van der Waals surface area contributed by atoms with Crippen LogP contribution in [0.25, 0.3) is 5.52 Å². The molecule has 0 aliphatic carbocycles. The van der Waals surface area contributed by atoms with E-state index in [0.29, 0.717) is 5.92 Å². The maximum absolute atomic E-state index is 4.23. The topological polar surface area (TPSA) is 32.8 Å². The number of hydrogen-bond acceptors (Lipinski definition) is 1. The van der Waals surface area contributed by atoms with Crippen molar-refractivity contribution in [2.75, 3.05) is 0 Å². The molecule has 0 aliphatic heterocycles. The summed E-state index contributed by atoms with van der Waals surface area (Å²) in [5.41, 5.74) is 2.28. The minimum Gasteiger partial charge on any atom is -0.128 e. The van der Waals surface area contributed by atoms with Gasteiger partial charge in [-0.05, 0) is 12.1 Å². The lowest BCUT2D eigenvalue weighted by molar-refractivity contribution is -0.581. The van der Waals surface area contributed by atoms with E-state index in [9.17, 15) is 0 Å². The molecule has 0 saturated heterocycles. The van der Waals surface area contributed by atoms with Crippen LogP contribution in [0.2, 0.25) is 0 Å². The maximum Gasteiger partial charge on any atom is 0.228 e. The van der Waals surface area contributed by atoms with Gasteiger partial charge < -0.3 is 0 Å². The second-order valence-corrected chi connectivity index (χ2v) is 3.21. The van der Waals surface area contributed by atoms with Gasteiger partial charge in [-0.15, -0.1) is 4.52 Å². The number of fused-ring (bicyclic) bond motifs is 1. The van der Waals surface area contributed by atoms with Crippen LogP contribution in [0.4, 0.5) is 0 Å². The maximum atomic E-state index is 4.23. The van der Waals surface area contributed by atoms with E-state index in [1.807, 2.05) is 22.8 Å². The standard InChI is InChI=1S/C9H11N3/c1-7(2)9-8-5-3-4-6-12(8)11-10-9/h3-7H,1-2H3/p+1. The van der Waals surface area contributed by atoms with E-state index in [4.69, 9.17) is 0 Å². The highest BCUT2D eigenvalue weighted by Crippen LogP contribution is 2.13. The molecule has 0 aliphatic rings. The molecule has 3 nitrogen and oxygen atoms in total. The summed E-state index contributed by atoms with van der Waals surface area (Å²) < 4.78 is 1.93. The Hall–Kier alpha value is -1.38. The quantitative estimate of drug-likeness (QED) is 0.629. The van der Waals surface area contributed by atoms with Gasteiger partial charge in [0.2, 0.25) is 11.2 Å². The summed E-state index contributed by atoms with van der Waals surface area (Å²) in [6, 6.07) is 6.07. The van der Waals surface area contributed by atoms with Crippen molar-refractivity contribution >= 4 is 5.52 Å². The van der Waals surface area contributed by atoms with Crippen molar-refractivity contribution < 1.29 is 4.52 Å². The smallest absolute Gasteiger partial charge is 0.128 e. The van der Waals surface area contributed by atoms with E-state index in [2.05, 4.69) is 30.2 Å². The number of aromatic nitrogens is 3. The third kappa shape index (κ3) is 0.978. The highest BCUT2D eigenvalue weighted by atomic mass is 15.4. The Morgan fingerprint density at radius 1 is 1.42 bits per heavy atom. The van der Waals surface area contributed by atoms with E-state index in [1.165, 1.54) is 0 Å². The molecule has 12 heavy (non-hydrogen) atoms. The molecule has 2 aromatic heterocycles. The molecule has 0 unspecified atom stereocenters. The Morgan fingerprint density at radius 2 is 2.25 bits per heavy atom. The van der Waals surface area contributed by atoms with Crippen LogP contribution in [0.1, 0.15) is 25.5 Å². The molecule has 2 heterocycles. The minimum absolute atomic E-state index is 0.466. The Bertz CT molecular complexity index is 389. The first-order chi connectivity index (χ1) is 5.79. The minimum atomic E-state index is 0.466. The number of hydrogen-bond donors (Lipinski definition) is 1. The van der Waals surface area contributed by atoms with Gasteiger partial charge in [-0.1, -0.05) is 25.1 Å². The van der Waals surface area contributed by atoms with Gasteiger partial charge in [-0.25, -0.2) is 0 Å². The normalized spacial score (nSPS) is 11.2. The van der Waals surface area contributed by atoms with Crippen LogP contribution in [-0.2, 0) is 0 Å². The van der Waals surface area contributed by atoms with E-state index < -0.39 is 0 Å². The van der Waals surface area contributed by atoms with Crippen molar-refractivity contribution in [2.24, 2.45) is 0 Å². The predicted octanol–water partition coefficient (Wildman–Crippen LogP) is 1.27. The van der Waals surface area contributed by atoms with Crippen molar-refractivity contribution in [1.82, 2.24) is 10.3 Å². The number of aromatic amines is 1. The van der Waals surface area contributed by atoms with Crippen molar-refractivity contribution in [3.05, 3.63) is 30.1 Å². The third-order valence-corrected chi connectivity index (χ3v) is 1.95. The fourth-order valence-electron chi connectivity index (χ4n) is 1.33. The van der Waals surface area contributed by atoms with Crippen molar-refractivity contribution in [3.63, 3.8) is 0 Å². The monoisotopic (exact) mass is 162 g/mol. The molecule has 0 amide bonds.